The van der Waals surface area contributed by atoms with Crippen molar-refractivity contribution in [2.75, 3.05) is 68.7 Å². The van der Waals surface area contributed by atoms with E-state index in [0.717, 1.165) is 56.6 Å². The van der Waals surface area contributed by atoms with Crippen molar-refractivity contribution in [1.29, 1.82) is 0 Å². The van der Waals surface area contributed by atoms with E-state index < -0.39 is 6.03 Å². The first-order valence-electron chi connectivity index (χ1n) is 16.5. The largest absolute Gasteiger partial charge is 0.505 e. The van der Waals surface area contributed by atoms with Crippen LogP contribution in [0.15, 0.2) is 65.1 Å². The van der Waals surface area contributed by atoms with Gasteiger partial charge in [0, 0.05) is 55.8 Å². The normalized spacial score (nSPS) is 20.7. The van der Waals surface area contributed by atoms with Crippen molar-refractivity contribution in [2.24, 2.45) is 0 Å². The summed E-state index contributed by atoms with van der Waals surface area (Å²) in [4.78, 5) is 46.3. The summed E-state index contributed by atoms with van der Waals surface area (Å²) in [5, 5.41) is 25.9. The number of phenolic OH excluding ortho intramolecular Hbond substituents is 2. The molecular formula is C35H42BrN7O5. The van der Waals surface area contributed by atoms with Gasteiger partial charge < -0.3 is 36.4 Å². The Hall–Kier alpha value is -4.33. The first-order valence-corrected chi connectivity index (χ1v) is 17.3. The smallest absolute Gasteiger partial charge is 0.323 e. The Morgan fingerprint density at radius 2 is 1.19 bits per heavy atom. The minimum atomic E-state index is -0.503. The Labute approximate surface area is 288 Å². The van der Waals surface area contributed by atoms with Crippen LogP contribution in [0.4, 0.5) is 21.9 Å². The van der Waals surface area contributed by atoms with Gasteiger partial charge in [0.2, 0.25) is 0 Å². The van der Waals surface area contributed by atoms with E-state index in [2.05, 4.69) is 36.4 Å². The van der Waals surface area contributed by atoms with Gasteiger partial charge in [0.1, 0.15) is 0 Å². The topological polar surface area (TPSA) is 155 Å². The first-order chi connectivity index (χ1) is 23.2. The van der Waals surface area contributed by atoms with E-state index in [1.54, 1.807) is 53.4 Å². The highest BCUT2D eigenvalue weighted by atomic mass is 79.9. The van der Waals surface area contributed by atoms with Crippen LogP contribution in [0.2, 0.25) is 0 Å². The third-order valence-corrected chi connectivity index (χ3v) is 10.4. The number of urea groups is 1. The second kappa shape index (κ2) is 14.8. The van der Waals surface area contributed by atoms with Crippen molar-refractivity contribution in [2.45, 2.75) is 37.8 Å². The van der Waals surface area contributed by atoms with E-state index >= 15 is 0 Å². The number of rotatable bonds is 4. The van der Waals surface area contributed by atoms with E-state index in [9.17, 15) is 24.6 Å². The molecule has 0 aliphatic carbocycles. The minimum Gasteiger partial charge on any atom is -0.505 e. The summed E-state index contributed by atoms with van der Waals surface area (Å²) >= 11 is 3.37. The van der Waals surface area contributed by atoms with E-state index in [1.807, 2.05) is 17.0 Å². The van der Waals surface area contributed by atoms with Gasteiger partial charge in [0.15, 0.2) is 11.5 Å². The van der Waals surface area contributed by atoms with Crippen molar-refractivity contribution in [3.05, 3.63) is 76.3 Å². The summed E-state index contributed by atoms with van der Waals surface area (Å²) in [7, 11) is 0. The Bertz CT molecular complexity index is 1670. The number of piperazine rings is 2. The molecule has 3 aromatic carbocycles. The zero-order valence-electron chi connectivity index (χ0n) is 26.8. The third-order valence-electron chi connectivity index (χ3n) is 9.68. The molecule has 6 N–H and O–H groups in total. The molecule has 0 spiro atoms. The number of hydrogen-bond acceptors (Lipinski definition) is 8. The summed E-state index contributed by atoms with van der Waals surface area (Å²) in [6, 6.07) is 17.4. The van der Waals surface area contributed by atoms with Crippen LogP contribution in [0.25, 0.3) is 0 Å². The summed E-state index contributed by atoms with van der Waals surface area (Å²) < 4.78 is 0.745. The van der Waals surface area contributed by atoms with Gasteiger partial charge >= 0.3 is 6.03 Å². The molecule has 12 nitrogen and oxygen atoms in total. The Morgan fingerprint density at radius 3 is 1.79 bits per heavy atom. The molecule has 4 saturated heterocycles. The molecule has 0 unspecified atom stereocenters. The number of nitrogens with one attached hydrogen (secondary N) is 2. The third kappa shape index (κ3) is 7.38. The fourth-order valence-corrected chi connectivity index (χ4v) is 7.47. The zero-order valence-corrected chi connectivity index (χ0v) is 28.4. The van der Waals surface area contributed by atoms with Crippen molar-refractivity contribution in [3.63, 3.8) is 0 Å². The Kier molecular flexibility index (Phi) is 10.4. The number of hydrogen-bond donors (Lipinski definition) is 5. The molecule has 4 fully saturated rings. The van der Waals surface area contributed by atoms with Gasteiger partial charge in [-0.3, -0.25) is 19.4 Å². The molecule has 4 aliphatic heterocycles. The number of nitrogen functional groups attached to an aromatic ring is 1. The molecule has 48 heavy (non-hydrogen) atoms. The number of phenols is 2. The zero-order chi connectivity index (χ0) is 33.8. The van der Waals surface area contributed by atoms with Gasteiger partial charge in [-0.25, -0.2) is 4.79 Å². The molecule has 3 aromatic rings. The van der Waals surface area contributed by atoms with Crippen LogP contribution in [0.5, 0.6) is 11.5 Å². The maximum Gasteiger partial charge on any atom is 0.323 e. The number of fused-ring (bicyclic) bond motifs is 2. The average Bonchev–Trinajstić information content (AvgIpc) is 3.77. The second-order valence-electron chi connectivity index (χ2n) is 12.7. The van der Waals surface area contributed by atoms with Crippen LogP contribution < -0.4 is 16.4 Å². The highest BCUT2D eigenvalue weighted by molar-refractivity contribution is 9.10. The van der Waals surface area contributed by atoms with Crippen molar-refractivity contribution in [1.82, 2.24) is 19.6 Å². The maximum absolute atomic E-state index is 13.0. The van der Waals surface area contributed by atoms with E-state index in [1.165, 1.54) is 12.8 Å². The number of carbonyl (C=O) groups is 3. The quantitative estimate of drug-likeness (QED) is 0.194. The first kappa shape index (κ1) is 33.6. The van der Waals surface area contributed by atoms with Crippen molar-refractivity contribution in [3.8, 4) is 11.5 Å². The maximum atomic E-state index is 13.0. The fourth-order valence-electron chi connectivity index (χ4n) is 7.08. The Balaban J connectivity index is 0.000000182. The van der Waals surface area contributed by atoms with Crippen molar-refractivity contribution >= 4 is 50.8 Å². The number of aromatic hydroxyl groups is 2. The van der Waals surface area contributed by atoms with E-state index in [0.29, 0.717) is 36.4 Å². The molecule has 7 rings (SSSR count). The lowest BCUT2D eigenvalue weighted by molar-refractivity contribution is 0.0563. The van der Waals surface area contributed by atoms with Gasteiger partial charge in [0.25, 0.3) is 11.8 Å². The lowest BCUT2D eigenvalue weighted by Crippen LogP contribution is -2.52. The molecular weight excluding hydrogens is 678 g/mol. The number of nitrogens with two attached hydrogens (primary N) is 1. The predicted octanol–water partition coefficient (Wildman–Crippen LogP) is 4.61. The summed E-state index contributed by atoms with van der Waals surface area (Å²) in [5.74, 6) is -0.629. The van der Waals surface area contributed by atoms with Crippen molar-refractivity contribution < 1.29 is 24.6 Å². The van der Waals surface area contributed by atoms with Crippen LogP contribution in [-0.2, 0) is 0 Å². The molecule has 4 heterocycles. The number of carbonyl (C=O) groups excluding carboxylic acids is 3. The van der Waals surface area contributed by atoms with Crippen LogP contribution in [0.3, 0.4) is 0 Å². The number of anilines is 3. The monoisotopic (exact) mass is 719 g/mol. The fraction of sp³-hybridized carbons (Fsp3) is 0.400. The number of nitrogens with zero attached hydrogens (tertiary/aromatic N) is 4. The van der Waals surface area contributed by atoms with Gasteiger partial charge in [-0.05, 0) is 91.1 Å². The summed E-state index contributed by atoms with van der Waals surface area (Å²) in [5.41, 5.74) is 7.21. The van der Waals surface area contributed by atoms with E-state index in [4.69, 9.17) is 5.73 Å². The van der Waals surface area contributed by atoms with E-state index in [-0.39, 0.29) is 40.3 Å². The average molecular weight is 721 g/mol. The molecule has 0 aromatic heterocycles. The second-order valence-corrected chi connectivity index (χ2v) is 13.5. The number of halogens is 1. The highest BCUT2D eigenvalue weighted by Crippen LogP contribution is 2.31. The SMILES string of the molecule is Nc1cccc(C(=O)N2CCN3CCC[C@H]3C2)c1O.O=C(Nc1ccccc1Br)Nc1cccc(C(=O)N2CCN3CCC[C@H]3C2)c1O. The number of amides is 4. The lowest BCUT2D eigenvalue weighted by atomic mass is 10.1. The predicted molar refractivity (Wildman–Crippen MR) is 188 cm³/mol. The molecule has 254 valence electrons. The van der Waals surface area contributed by atoms with Crippen LogP contribution in [0, 0.1) is 0 Å². The summed E-state index contributed by atoms with van der Waals surface area (Å²) in [6.45, 7) is 6.85. The van der Waals surface area contributed by atoms with Crippen LogP contribution in [0.1, 0.15) is 46.4 Å². The van der Waals surface area contributed by atoms with Crippen LogP contribution in [-0.4, -0.2) is 112 Å². The molecule has 0 saturated carbocycles. The van der Waals surface area contributed by atoms with Gasteiger partial charge in [-0.2, -0.15) is 0 Å². The molecule has 0 bridgehead atoms. The molecule has 13 heteroatoms. The standard InChI is InChI=1S/C21H23BrN4O3.C14H19N3O2/c22-16-7-1-2-8-17(16)23-21(29)24-18-9-3-6-15(19(18)27)20(28)26-12-11-25-10-4-5-14(25)13-26;15-12-5-1-4-11(13(12)18)14(19)17-8-7-16-6-2-3-10(16)9-17/h1-3,6-9,14,27H,4-5,10-13H2,(H2,23,24,29);1,4-5,10,18H,2-3,6-9,15H2/t14-;10-/m00/s1. The van der Waals surface area contributed by atoms with Gasteiger partial charge in [0.05, 0.1) is 28.2 Å². The number of para-hydroxylation sites is 3. The minimum absolute atomic E-state index is 0.0960. The van der Waals surface area contributed by atoms with Gasteiger partial charge in [-0.1, -0.05) is 24.3 Å². The highest BCUT2D eigenvalue weighted by Gasteiger charge is 2.35. The molecule has 0 radical (unpaired) electrons. The molecule has 4 amide bonds. The lowest BCUT2D eigenvalue weighted by Gasteiger charge is -2.37. The molecule has 4 aliphatic rings. The van der Waals surface area contributed by atoms with Gasteiger partial charge in [-0.15, -0.1) is 0 Å². The Morgan fingerprint density at radius 1 is 0.667 bits per heavy atom. The van der Waals surface area contributed by atoms with Crippen LogP contribution >= 0.6 is 15.9 Å². The summed E-state index contributed by atoms with van der Waals surface area (Å²) in [6.07, 6.45) is 4.65. The molecule has 2 atom stereocenters. The number of benzene rings is 3.